The van der Waals surface area contributed by atoms with Gasteiger partial charge in [0.25, 0.3) is 5.69 Å². The van der Waals surface area contributed by atoms with Crippen molar-refractivity contribution in [3.63, 3.8) is 0 Å². The highest BCUT2D eigenvalue weighted by molar-refractivity contribution is 9.10. The first-order valence-electron chi connectivity index (χ1n) is 6.91. The topological polar surface area (TPSA) is 69.4 Å². The summed E-state index contributed by atoms with van der Waals surface area (Å²) in [5, 5.41) is 10.7. The molecule has 5 nitrogen and oxygen atoms in total. The molecule has 116 valence electrons. The first-order valence-corrected chi connectivity index (χ1v) is 8.74. The number of hydrogen-bond acceptors (Lipinski definition) is 4. The minimum absolute atomic E-state index is 0.00474. The second-order valence-electron chi connectivity index (χ2n) is 5.50. The lowest BCUT2D eigenvalue weighted by Gasteiger charge is -2.38. The maximum Gasteiger partial charge on any atom is 0.338 e. The van der Waals surface area contributed by atoms with E-state index in [2.05, 4.69) is 31.9 Å². The SMILES string of the molecule is O=C1O[C@H]2[C@@H](Br)C[C@@H](Br)C[C@@H]2C=C1c1ccc([N+](=O)[O-])cc1. The van der Waals surface area contributed by atoms with E-state index in [1.165, 1.54) is 12.1 Å². The van der Waals surface area contributed by atoms with Crippen LogP contribution in [0.3, 0.4) is 0 Å². The lowest BCUT2D eigenvalue weighted by atomic mass is 9.82. The number of hydrogen-bond donors (Lipinski definition) is 0. The summed E-state index contributed by atoms with van der Waals surface area (Å²) in [5.74, 6) is -0.224. The number of non-ortho nitro benzene ring substituents is 1. The number of ether oxygens (including phenoxy) is 1. The number of esters is 1. The van der Waals surface area contributed by atoms with Crippen molar-refractivity contribution in [1.29, 1.82) is 0 Å². The summed E-state index contributed by atoms with van der Waals surface area (Å²) in [6.07, 6.45) is 3.61. The summed E-state index contributed by atoms with van der Waals surface area (Å²) >= 11 is 7.22. The molecule has 4 atom stereocenters. The van der Waals surface area contributed by atoms with Crippen LogP contribution in [0.25, 0.3) is 5.57 Å². The molecule has 22 heavy (non-hydrogen) atoms. The van der Waals surface area contributed by atoms with Gasteiger partial charge in [0.15, 0.2) is 0 Å². The predicted octanol–water partition coefficient (Wildman–Crippen LogP) is 3.84. The molecule has 1 saturated carbocycles. The van der Waals surface area contributed by atoms with Crippen LogP contribution in [0.15, 0.2) is 30.3 Å². The van der Waals surface area contributed by atoms with E-state index in [4.69, 9.17) is 4.74 Å². The van der Waals surface area contributed by atoms with Crippen molar-refractivity contribution in [2.45, 2.75) is 28.6 Å². The first-order chi connectivity index (χ1) is 10.5. The van der Waals surface area contributed by atoms with Gasteiger partial charge in [0.2, 0.25) is 0 Å². The molecule has 0 amide bonds. The van der Waals surface area contributed by atoms with Crippen LogP contribution in [0, 0.1) is 16.0 Å². The normalized spacial score (nSPS) is 31.0. The number of halogens is 2. The minimum Gasteiger partial charge on any atom is -0.457 e. The summed E-state index contributed by atoms with van der Waals surface area (Å²) in [4.78, 5) is 23.0. The number of carbonyl (C=O) groups excluding carboxylic acids is 1. The molecule has 0 radical (unpaired) electrons. The highest BCUT2D eigenvalue weighted by atomic mass is 79.9. The third kappa shape index (κ3) is 2.96. The quantitative estimate of drug-likeness (QED) is 0.309. The zero-order chi connectivity index (χ0) is 15.9. The van der Waals surface area contributed by atoms with Crippen molar-refractivity contribution >= 4 is 49.1 Å². The highest BCUT2D eigenvalue weighted by Crippen LogP contribution is 2.40. The summed E-state index contributed by atoms with van der Waals surface area (Å²) in [7, 11) is 0. The number of fused-ring (bicyclic) bond motifs is 1. The molecule has 7 heteroatoms. The van der Waals surface area contributed by atoms with Gasteiger partial charge in [0, 0.05) is 22.9 Å². The second kappa shape index (κ2) is 6.12. The number of nitrogens with zero attached hydrogens (tertiary/aromatic N) is 1. The molecule has 2 aliphatic rings. The van der Waals surface area contributed by atoms with E-state index >= 15 is 0 Å². The molecule has 0 unspecified atom stereocenters. The van der Waals surface area contributed by atoms with Gasteiger partial charge < -0.3 is 4.74 Å². The third-order valence-corrected chi connectivity index (χ3v) is 5.66. The van der Waals surface area contributed by atoms with Crippen LogP contribution in [0.2, 0.25) is 0 Å². The molecule has 1 heterocycles. The number of nitro groups is 1. The van der Waals surface area contributed by atoms with Gasteiger partial charge in [-0.2, -0.15) is 0 Å². The Labute approximate surface area is 144 Å². The summed E-state index contributed by atoms with van der Waals surface area (Å²) in [6, 6.07) is 5.98. The molecule has 0 aromatic heterocycles. The van der Waals surface area contributed by atoms with Crippen LogP contribution in [-0.2, 0) is 9.53 Å². The van der Waals surface area contributed by atoms with E-state index in [0.717, 1.165) is 12.8 Å². The first kappa shape index (κ1) is 15.7. The van der Waals surface area contributed by atoms with Crippen LogP contribution in [0.4, 0.5) is 5.69 Å². The zero-order valence-electron chi connectivity index (χ0n) is 11.4. The number of nitro benzene ring substituents is 1. The fraction of sp³-hybridized carbons (Fsp3) is 0.400. The maximum absolute atomic E-state index is 12.2. The molecular weight excluding hydrogens is 418 g/mol. The van der Waals surface area contributed by atoms with Crippen LogP contribution < -0.4 is 0 Å². The molecular formula is C15H13Br2NO4. The van der Waals surface area contributed by atoms with E-state index in [1.807, 2.05) is 6.08 Å². The largest absolute Gasteiger partial charge is 0.457 e. The molecule has 1 aliphatic carbocycles. The standard InChI is InChI=1S/C15H13Br2NO4/c16-10-5-9-6-12(15(19)22-14(9)13(17)7-10)8-1-3-11(4-2-8)18(20)21/h1-4,6,9-10,13-14H,5,7H2/t9-,10+,13+,14-/m1/s1. The summed E-state index contributed by atoms with van der Waals surface area (Å²) < 4.78 is 5.59. The monoisotopic (exact) mass is 429 g/mol. The number of rotatable bonds is 2. The van der Waals surface area contributed by atoms with Gasteiger partial charge in [-0.05, 0) is 30.5 Å². The van der Waals surface area contributed by atoms with Gasteiger partial charge in [0.05, 0.1) is 15.3 Å². The third-order valence-electron chi connectivity index (χ3n) is 4.02. The van der Waals surface area contributed by atoms with Gasteiger partial charge in [-0.1, -0.05) is 37.9 Å². The van der Waals surface area contributed by atoms with Crippen LogP contribution >= 0.6 is 31.9 Å². The fourth-order valence-corrected chi connectivity index (χ4v) is 5.23. The molecule has 0 N–H and O–H groups in total. The van der Waals surface area contributed by atoms with Crippen LogP contribution in [0.1, 0.15) is 18.4 Å². The van der Waals surface area contributed by atoms with Crippen LogP contribution in [-0.4, -0.2) is 26.7 Å². The fourth-order valence-electron chi connectivity index (χ4n) is 2.94. The van der Waals surface area contributed by atoms with Gasteiger partial charge >= 0.3 is 5.97 Å². The Balaban J connectivity index is 1.91. The Kier molecular flexibility index (Phi) is 4.36. The van der Waals surface area contributed by atoms with Crippen molar-refractivity contribution in [2.75, 3.05) is 0 Å². The Hall–Kier alpha value is -1.21. The van der Waals surface area contributed by atoms with Gasteiger partial charge in [-0.3, -0.25) is 10.1 Å². The van der Waals surface area contributed by atoms with E-state index in [0.29, 0.717) is 16.0 Å². The average molecular weight is 431 g/mol. The van der Waals surface area contributed by atoms with Crippen molar-refractivity contribution in [2.24, 2.45) is 5.92 Å². The smallest absolute Gasteiger partial charge is 0.338 e. The molecule has 0 bridgehead atoms. The lowest BCUT2D eigenvalue weighted by molar-refractivity contribution is -0.384. The Morgan fingerprint density at radius 2 is 1.86 bits per heavy atom. The zero-order valence-corrected chi connectivity index (χ0v) is 14.6. The second-order valence-corrected chi connectivity index (χ2v) is 7.97. The molecule has 1 aromatic rings. The Morgan fingerprint density at radius 3 is 2.50 bits per heavy atom. The molecule has 1 fully saturated rings. The highest BCUT2D eigenvalue weighted by Gasteiger charge is 2.41. The lowest BCUT2D eigenvalue weighted by Crippen LogP contribution is -2.43. The van der Waals surface area contributed by atoms with Crippen LogP contribution in [0.5, 0.6) is 0 Å². The maximum atomic E-state index is 12.2. The van der Waals surface area contributed by atoms with Crippen molar-refractivity contribution in [1.82, 2.24) is 0 Å². The molecule has 3 rings (SSSR count). The van der Waals surface area contributed by atoms with Crippen molar-refractivity contribution in [3.05, 3.63) is 46.0 Å². The molecule has 1 aliphatic heterocycles. The summed E-state index contributed by atoms with van der Waals surface area (Å²) in [5.41, 5.74) is 1.14. The van der Waals surface area contributed by atoms with E-state index in [1.54, 1.807) is 12.1 Å². The van der Waals surface area contributed by atoms with Crippen molar-refractivity contribution in [3.8, 4) is 0 Å². The molecule has 1 aromatic carbocycles. The molecule has 0 saturated heterocycles. The van der Waals surface area contributed by atoms with E-state index < -0.39 is 4.92 Å². The van der Waals surface area contributed by atoms with Gasteiger partial charge in [0.1, 0.15) is 6.10 Å². The van der Waals surface area contributed by atoms with E-state index in [9.17, 15) is 14.9 Å². The predicted molar refractivity (Wildman–Crippen MR) is 89.1 cm³/mol. The minimum atomic E-state index is -0.459. The van der Waals surface area contributed by atoms with Gasteiger partial charge in [-0.15, -0.1) is 0 Å². The van der Waals surface area contributed by atoms with Crippen molar-refractivity contribution < 1.29 is 14.5 Å². The van der Waals surface area contributed by atoms with Gasteiger partial charge in [-0.25, -0.2) is 4.79 Å². The Morgan fingerprint density at radius 1 is 1.18 bits per heavy atom. The number of alkyl halides is 2. The average Bonchev–Trinajstić information content (AvgIpc) is 2.47. The number of benzene rings is 1. The summed E-state index contributed by atoms with van der Waals surface area (Å²) in [6.45, 7) is 0. The van der Waals surface area contributed by atoms with E-state index in [-0.39, 0.29) is 28.5 Å². The molecule has 0 spiro atoms. The number of carbonyl (C=O) groups is 1. The Bertz CT molecular complexity index is 643.